The summed E-state index contributed by atoms with van der Waals surface area (Å²) in [5.41, 5.74) is 3.26. The fourth-order valence-electron chi connectivity index (χ4n) is 1.90. The number of hydrogen-bond donors (Lipinski definition) is 1. The van der Waals surface area contributed by atoms with Gasteiger partial charge in [0, 0.05) is 13.6 Å². The minimum absolute atomic E-state index is 0.398. The molecule has 0 atom stereocenters. The first-order valence-corrected chi connectivity index (χ1v) is 5.85. The van der Waals surface area contributed by atoms with Crippen LogP contribution in [0.1, 0.15) is 11.4 Å². The van der Waals surface area contributed by atoms with Crippen LogP contribution in [0.2, 0.25) is 0 Å². The Morgan fingerprint density at radius 1 is 1.50 bits per heavy atom. The van der Waals surface area contributed by atoms with Gasteiger partial charge in [0.2, 0.25) is 0 Å². The van der Waals surface area contributed by atoms with Gasteiger partial charge >= 0.3 is 6.09 Å². The van der Waals surface area contributed by atoms with Crippen molar-refractivity contribution in [2.45, 2.75) is 13.3 Å². The molecule has 0 spiro atoms. The molecule has 0 bridgehead atoms. The standard InChI is InChI=1S/C13H17N3O2/c1-9-15-11-8-10(4-5-12(11)16(9)2)6-7-14-13(17)18-3/h4-5,8H,6-7H2,1-3H3,(H,14,17). The number of amides is 1. The van der Waals surface area contributed by atoms with Crippen LogP contribution in [-0.4, -0.2) is 29.3 Å². The minimum atomic E-state index is -0.398. The fourth-order valence-corrected chi connectivity index (χ4v) is 1.90. The Bertz CT molecular complexity index is 575. The minimum Gasteiger partial charge on any atom is -0.453 e. The summed E-state index contributed by atoms with van der Waals surface area (Å²) < 4.78 is 6.57. The molecule has 5 heteroatoms. The second-order valence-corrected chi connectivity index (χ2v) is 4.21. The summed E-state index contributed by atoms with van der Waals surface area (Å²) >= 11 is 0. The van der Waals surface area contributed by atoms with E-state index in [9.17, 15) is 4.79 Å². The molecule has 0 radical (unpaired) electrons. The normalized spacial score (nSPS) is 10.6. The lowest BCUT2D eigenvalue weighted by Gasteiger charge is -2.04. The monoisotopic (exact) mass is 247 g/mol. The average Bonchev–Trinajstić information content (AvgIpc) is 2.64. The predicted octanol–water partition coefficient (Wildman–Crippen LogP) is 1.78. The summed E-state index contributed by atoms with van der Waals surface area (Å²) in [6.45, 7) is 2.54. The van der Waals surface area contributed by atoms with E-state index in [4.69, 9.17) is 0 Å². The molecule has 1 amide bonds. The van der Waals surface area contributed by atoms with Crippen molar-refractivity contribution in [2.75, 3.05) is 13.7 Å². The lowest BCUT2D eigenvalue weighted by Crippen LogP contribution is -2.25. The average molecular weight is 247 g/mol. The molecular formula is C13H17N3O2. The highest BCUT2D eigenvalue weighted by Gasteiger charge is 2.05. The maximum atomic E-state index is 10.9. The molecule has 1 heterocycles. The molecule has 0 saturated heterocycles. The highest BCUT2D eigenvalue weighted by molar-refractivity contribution is 5.76. The molecule has 1 aromatic heterocycles. The van der Waals surface area contributed by atoms with E-state index in [1.54, 1.807) is 0 Å². The first kappa shape index (κ1) is 12.4. The van der Waals surface area contributed by atoms with E-state index < -0.39 is 6.09 Å². The highest BCUT2D eigenvalue weighted by atomic mass is 16.5. The van der Waals surface area contributed by atoms with Gasteiger partial charge < -0.3 is 14.6 Å². The number of methoxy groups -OCH3 is 1. The quantitative estimate of drug-likeness (QED) is 0.899. The third-order valence-corrected chi connectivity index (χ3v) is 3.04. The maximum Gasteiger partial charge on any atom is 0.406 e. The number of aromatic nitrogens is 2. The Labute approximate surface area is 106 Å². The third-order valence-electron chi connectivity index (χ3n) is 3.04. The highest BCUT2D eigenvalue weighted by Crippen LogP contribution is 2.16. The van der Waals surface area contributed by atoms with Crippen molar-refractivity contribution in [3.8, 4) is 0 Å². The van der Waals surface area contributed by atoms with Gasteiger partial charge in [-0.1, -0.05) is 6.07 Å². The molecule has 1 aromatic carbocycles. The van der Waals surface area contributed by atoms with Crippen molar-refractivity contribution in [1.82, 2.24) is 14.9 Å². The number of aryl methyl sites for hydroxylation is 2. The van der Waals surface area contributed by atoms with Crippen molar-refractivity contribution in [3.05, 3.63) is 29.6 Å². The molecule has 0 saturated carbocycles. The van der Waals surface area contributed by atoms with Crippen LogP contribution in [0.25, 0.3) is 11.0 Å². The van der Waals surface area contributed by atoms with Crippen LogP contribution in [0.4, 0.5) is 4.79 Å². The van der Waals surface area contributed by atoms with Crippen LogP contribution in [0.3, 0.4) is 0 Å². The number of alkyl carbamates (subject to hydrolysis) is 1. The van der Waals surface area contributed by atoms with Crippen LogP contribution in [0.5, 0.6) is 0 Å². The maximum absolute atomic E-state index is 10.9. The molecule has 0 aliphatic rings. The van der Waals surface area contributed by atoms with Crippen molar-refractivity contribution in [2.24, 2.45) is 7.05 Å². The molecule has 96 valence electrons. The summed E-state index contributed by atoms with van der Waals surface area (Å²) in [5.74, 6) is 0.995. The van der Waals surface area contributed by atoms with Gasteiger partial charge in [0.05, 0.1) is 18.1 Å². The number of fused-ring (bicyclic) bond motifs is 1. The van der Waals surface area contributed by atoms with Gasteiger partial charge in [-0.2, -0.15) is 0 Å². The van der Waals surface area contributed by atoms with Crippen molar-refractivity contribution in [3.63, 3.8) is 0 Å². The molecule has 2 aromatic rings. The smallest absolute Gasteiger partial charge is 0.406 e. The zero-order valence-electron chi connectivity index (χ0n) is 10.9. The summed E-state index contributed by atoms with van der Waals surface area (Å²) in [6, 6.07) is 6.17. The van der Waals surface area contributed by atoms with Gasteiger partial charge in [-0.3, -0.25) is 0 Å². The van der Waals surface area contributed by atoms with Crippen molar-refractivity contribution >= 4 is 17.1 Å². The van der Waals surface area contributed by atoms with Crippen LogP contribution in [0.15, 0.2) is 18.2 Å². The third kappa shape index (κ3) is 2.45. The number of hydrogen-bond acceptors (Lipinski definition) is 3. The first-order valence-electron chi connectivity index (χ1n) is 5.85. The van der Waals surface area contributed by atoms with E-state index in [1.807, 2.05) is 14.0 Å². The number of nitrogens with one attached hydrogen (secondary N) is 1. The molecule has 5 nitrogen and oxygen atoms in total. The van der Waals surface area contributed by atoms with Crippen LogP contribution in [0, 0.1) is 6.92 Å². The van der Waals surface area contributed by atoms with Gasteiger partial charge in [0.15, 0.2) is 0 Å². The Morgan fingerprint density at radius 3 is 3.00 bits per heavy atom. The molecule has 2 rings (SSSR count). The number of ether oxygens (including phenoxy) is 1. The molecule has 0 fully saturated rings. The number of carbonyl (C=O) groups excluding carboxylic acids is 1. The second kappa shape index (κ2) is 5.08. The zero-order valence-corrected chi connectivity index (χ0v) is 10.9. The van der Waals surface area contributed by atoms with E-state index in [0.717, 1.165) is 28.8 Å². The van der Waals surface area contributed by atoms with Crippen LogP contribution in [-0.2, 0) is 18.2 Å². The number of imidazole rings is 1. The number of carbonyl (C=O) groups is 1. The molecule has 18 heavy (non-hydrogen) atoms. The van der Waals surface area contributed by atoms with Gasteiger partial charge in [-0.15, -0.1) is 0 Å². The Hall–Kier alpha value is -2.04. The number of rotatable bonds is 3. The van der Waals surface area contributed by atoms with Crippen molar-refractivity contribution < 1.29 is 9.53 Å². The second-order valence-electron chi connectivity index (χ2n) is 4.21. The molecule has 1 N–H and O–H groups in total. The van der Waals surface area contributed by atoms with Gasteiger partial charge in [-0.05, 0) is 31.0 Å². The lowest BCUT2D eigenvalue weighted by molar-refractivity contribution is 0.171. The van der Waals surface area contributed by atoms with E-state index in [2.05, 4.69) is 37.8 Å². The molecule has 0 aliphatic heterocycles. The largest absolute Gasteiger partial charge is 0.453 e. The van der Waals surface area contributed by atoms with E-state index in [-0.39, 0.29) is 0 Å². The summed E-state index contributed by atoms with van der Waals surface area (Å²) in [4.78, 5) is 15.4. The van der Waals surface area contributed by atoms with E-state index in [1.165, 1.54) is 7.11 Å². The van der Waals surface area contributed by atoms with Gasteiger partial charge in [0.25, 0.3) is 0 Å². The van der Waals surface area contributed by atoms with Gasteiger partial charge in [0.1, 0.15) is 5.82 Å². The number of benzene rings is 1. The van der Waals surface area contributed by atoms with Crippen LogP contribution < -0.4 is 5.32 Å². The predicted molar refractivity (Wildman–Crippen MR) is 69.6 cm³/mol. The zero-order chi connectivity index (χ0) is 13.1. The van der Waals surface area contributed by atoms with Crippen LogP contribution >= 0.6 is 0 Å². The summed E-state index contributed by atoms with van der Waals surface area (Å²) in [7, 11) is 3.36. The molecule has 0 aliphatic carbocycles. The SMILES string of the molecule is COC(=O)NCCc1ccc2c(c1)nc(C)n2C. The Kier molecular flexibility index (Phi) is 3.50. The first-order chi connectivity index (χ1) is 8.61. The van der Waals surface area contributed by atoms with Crippen molar-refractivity contribution in [1.29, 1.82) is 0 Å². The Balaban J connectivity index is 2.08. The molecule has 0 unspecified atom stereocenters. The van der Waals surface area contributed by atoms with E-state index >= 15 is 0 Å². The number of nitrogens with zero attached hydrogens (tertiary/aromatic N) is 2. The fraction of sp³-hybridized carbons (Fsp3) is 0.385. The Morgan fingerprint density at radius 2 is 2.28 bits per heavy atom. The molecular weight excluding hydrogens is 230 g/mol. The topological polar surface area (TPSA) is 56.1 Å². The van der Waals surface area contributed by atoms with Gasteiger partial charge in [-0.25, -0.2) is 9.78 Å². The summed E-state index contributed by atoms with van der Waals surface area (Å²) in [6.07, 6.45) is 0.366. The van der Waals surface area contributed by atoms with E-state index in [0.29, 0.717) is 6.54 Å². The summed E-state index contributed by atoms with van der Waals surface area (Å²) in [5, 5.41) is 2.66. The lowest BCUT2D eigenvalue weighted by atomic mass is 10.1.